The van der Waals surface area contributed by atoms with Gasteiger partial charge in [0.2, 0.25) is 0 Å². The molecule has 1 aromatic heterocycles. The number of carboxylic acid groups (broad SMARTS) is 1. The van der Waals surface area contributed by atoms with Gasteiger partial charge in [-0.05, 0) is 30.2 Å². The van der Waals surface area contributed by atoms with Gasteiger partial charge in [0, 0.05) is 6.20 Å². The van der Waals surface area contributed by atoms with Crippen LogP contribution in [0.1, 0.15) is 37.0 Å². The Hall–Kier alpha value is -1.03. The van der Waals surface area contributed by atoms with Crippen molar-refractivity contribution in [2.45, 2.75) is 31.7 Å². The molecule has 0 amide bonds. The van der Waals surface area contributed by atoms with Crippen molar-refractivity contribution < 1.29 is 9.90 Å². The second-order valence-corrected chi connectivity index (χ2v) is 5.19. The summed E-state index contributed by atoms with van der Waals surface area (Å²) < 4.78 is 0. The Morgan fingerprint density at radius 2 is 2.25 bits per heavy atom. The number of hydrogen-bond donors (Lipinski definition) is 1. The highest BCUT2D eigenvalue weighted by Gasteiger charge is 2.03. The third-order valence-electron chi connectivity index (χ3n) is 2.16. The van der Waals surface area contributed by atoms with Gasteiger partial charge < -0.3 is 5.11 Å². The minimum Gasteiger partial charge on any atom is -0.478 e. The zero-order valence-electron chi connectivity index (χ0n) is 9.64. The third-order valence-corrected chi connectivity index (χ3v) is 3.19. The van der Waals surface area contributed by atoms with Crippen LogP contribution in [-0.4, -0.2) is 21.8 Å². The van der Waals surface area contributed by atoms with Crippen LogP contribution in [0, 0.1) is 5.92 Å². The standard InChI is InChI=1S/C12H17NO2S/c1-9(2)4-3-7-16-11-6-5-10(8-13-11)12(14)15/h5-6,8-9H,3-4,7H2,1-2H3,(H,14,15). The zero-order valence-corrected chi connectivity index (χ0v) is 10.5. The van der Waals surface area contributed by atoms with Gasteiger partial charge in [-0.3, -0.25) is 0 Å². The van der Waals surface area contributed by atoms with E-state index in [2.05, 4.69) is 18.8 Å². The third kappa shape index (κ3) is 4.66. The summed E-state index contributed by atoms with van der Waals surface area (Å²) >= 11 is 1.68. The zero-order chi connectivity index (χ0) is 12.0. The number of thioether (sulfide) groups is 1. The van der Waals surface area contributed by atoms with Crippen LogP contribution in [-0.2, 0) is 0 Å². The Morgan fingerprint density at radius 1 is 1.50 bits per heavy atom. The molecule has 88 valence electrons. The highest BCUT2D eigenvalue weighted by Crippen LogP contribution is 2.18. The van der Waals surface area contributed by atoms with Crippen LogP contribution in [0.15, 0.2) is 23.4 Å². The monoisotopic (exact) mass is 239 g/mol. The Morgan fingerprint density at radius 3 is 2.75 bits per heavy atom. The molecule has 16 heavy (non-hydrogen) atoms. The number of carboxylic acids is 1. The van der Waals surface area contributed by atoms with Gasteiger partial charge >= 0.3 is 5.97 Å². The first kappa shape index (κ1) is 13.0. The van der Waals surface area contributed by atoms with Crippen molar-refractivity contribution in [3.05, 3.63) is 23.9 Å². The van der Waals surface area contributed by atoms with Crippen LogP contribution in [0.2, 0.25) is 0 Å². The molecule has 0 bridgehead atoms. The lowest BCUT2D eigenvalue weighted by Crippen LogP contribution is -1.97. The molecule has 0 saturated heterocycles. The number of aromatic nitrogens is 1. The molecule has 0 aliphatic carbocycles. The summed E-state index contributed by atoms with van der Waals surface area (Å²) in [5.74, 6) is 0.851. The van der Waals surface area contributed by atoms with E-state index in [0.717, 1.165) is 16.7 Å². The van der Waals surface area contributed by atoms with E-state index in [0.29, 0.717) is 0 Å². The largest absolute Gasteiger partial charge is 0.478 e. The number of carbonyl (C=O) groups is 1. The van der Waals surface area contributed by atoms with E-state index in [1.807, 2.05) is 0 Å². The molecule has 1 heterocycles. The van der Waals surface area contributed by atoms with Gasteiger partial charge in [-0.15, -0.1) is 11.8 Å². The molecule has 0 aromatic carbocycles. The van der Waals surface area contributed by atoms with Gasteiger partial charge in [0.05, 0.1) is 10.6 Å². The van der Waals surface area contributed by atoms with Crippen LogP contribution in [0.4, 0.5) is 0 Å². The van der Waals surface area contributed by atoms with Crippen LogP contribution < -0.4 is 0 Å². The van der Waals surface area contributed by atoms with Gasteiger partial charge in [-0.1, -0.05) is 20.3 Å². The van der Waals surface area contributed by atoms with Crippen LogP contribution in [0.3, 0.4) is 0 Å². The van der Waals surface area contributed by atoms with E-state index in [-0.39, 0.29) is 5.56 Å². The SMILES string of the molecule is CC(C)CCCSc1ccc(C(=O)O)cn1. The number of hydrogen-bond acceptors (Lipinski definition) is 3. The molecule has 4 heteroatoms. The maximum absolute atomic E-state index is 10.6. The smallest absolute Gasteiger partial charge is 0.337 e. The van der Waals surface area contributed by atoms with Gasteiger partial charge in [-0.2, -0.15) is 0 Å². The van der Waals surface area contributed by atoms with Gasteiger partial charge in [0.25, 0.3) is 0 Å². The lowest BCUT2D eigenvalue weighted by Gasteiger charge is -2.03. The van der Waals surface area contributed by atoms with Gasteiger partial charge in [0.1, 0.15) is 0 Å². The molecule has 0 atom stereocenters. The predicted molar refractivity (Wildman–Crippen MR) is 66.0 cm³/mol. The number of rotatable bonds is 6. The quantitative estimate of drug-likeness (QED) is 0.611. The van der Waals surface area contributed by atoms with Crippen molar-refractivity contribution in [2.24, 2.45) is 5.92 Å². The molecule has 0 unspecified atom stereocenters. The Labute approximate surface area is 100 Å². The fourth-order valence-corrected chi connectivity index (χ4v) is 2.07. The first-order valence-electron chi connectivity index (χ1n) is 5.41. The van der Waals surface area contributed by atoms with Gasteiger partial charge in [0.15, 0.2) is 0 Å². The molecule has 0 aliphatic heterocycles. The Kier molecular flexibility index (Phi) is 5.32. The van der Waals surface area contributed by atoms with E-state index >= 15 is 0 Å². The van der Waals surface area contributed by atoms with E-state index < -0.39 is 5.97 Å². The second-order valence-electron chi connectivity index (χ2n) is 4.07. The summed E-state index contributed by atoms with van der Waals surface area (Å²) in [6.07, 6.45) is 3.80. The summed E-state index contributed by atoms with van der Waals surface area (Å²) in [4.78, 5) is 14.7. The summed E-state index contributed by atoms with van der Waals surface area (Å²) in [7, 11) is 0. The lowest BCUT2D eigenvalue weighted by molar-refractivity contribution is 0.0696. The van der Waals surface area contributed by atoms with E-state index in [1.165, 1.54) is 19.0 Å². The van der Waals surface area contributed by atoms with E-state index in [9.17, 15) is 4.79 Å². The second kappa shape index (κ2) is 6.53. The summed E-state index contributed by atoms with van der Waals surface area (Å²) in [5, 5.41) is 9.60. The fourth-order valence-electron chi connectivity index (χ4n) is 1.26. The van der Waals surface area contributed by atoms with E-state index in [4.69, 9.17) is 5.11 Å². The molecule has 1 aromatic rings. The molecular weight excluding hydrogens is 222 g/mol. The molecule has 3 nitrogen and oxygen atoms in total. The minimum atomic E-state index is -0.927. The summed E-state index contributed by atoms with van der Waals surface area (Å²) in [6.45, 7) is 4.43. The minimum absolute atomic E-state index is 0.242. The first-order valence-corrected chi connectivity index (χ1v) is 6.40. The highest BCUT2D eigenvalue weighted by atomic mass is 32.2. The first-order chi connectivity index (χ1) is 7.59. The summed E-state index contributed by atoms with van der Waals surface area (Å²) in [5.41, 5.74) is 0.242. The maximum Gasteiger partial charge on any atom is 0.337 e. The highest BCUT2D eigenvalue weighted by molar-refractivity contribution is 7.99. The molecule has 1 rings (SSSR count). The Bertz CT molecular complexity index is 335. The number of aromatic carboxylic acids is 1. The van der Waals surface area contributed by atoms with Gasteiger partial charge in [-0.25, -0.2) is 9.78 Å². The number of nitrogens with zero attached hydrogens (tertiary/aromatic N) is 1. The normalized spacial score (nSPS) is 10.7. The van der Waals surface area contributed by atoms with Crippen molar-refractivity contribution >= 4 is 17.7 Å². The average molecular weight is 239 g/mol. The Balaban J connectivity index is 2.35. The lowest BCUT2D eigenvalue weighted by atomic mass is 10.1. The number of pyridine rings is 1. The molecule has 0 radical (unpaired) electrons. The van der Waals surface area contributed by atoms with Crippen LogP contribution in [0.25, 0.3) is 0 Å². The van der Waals surface area contributed by atoms with Crippen molar-refractivity contribution in [2.75, 3.05) is 5.75 Å². The van der Waals surface area contributed by atoms with Crippen molar-refractivity contribution in [1.82, 2.24) is 4.98 Å². The van der Waals surface area contributed by atoms with Crippen LogP contribution >= 0.6 is 11.8 Å². The molecule has 1 N–H and O–H groups in total. The van der Waals surface area contributed by atoms with Crippen molar-refractivity contribution in [1.29, 1.82) is 0 Å². The maximum atomic E-state index is 10.6. The molecule has 0 aliphatic rings. The molecule has 0 spiro atoms. The van der Waals surface area contributed by atoms with Crippen molar-refractivity contribution in [3.8, 4) is 0 Å². The van der Waals surface area contributed by atoms with E-state index in [1.54, 1.807) is 23.9 Å². The predicted octanol–water partition coefficient (Wildman–Crippen LogP) is 3.31. The summed E-state index contributed by atoms with van der Waals surface area (Å²) in [6, 6.07) is 3.36. The average Bonchev–Trinajstić information content (AvgIpc) is 2.25. The fraction of sp³-hybridized carbons (Fsp3) is 0.500. The van der Waals surface area contributed by atoms with Crippen molar-refractivity contribution in [3.63, 3.8) is 0 Å². The topological polar surface area (TPSA) is 50.2 Å². The molecule has 0 saturated carbocycles. The van der Waals surface area contributed by atoms with Crippen LogP contribution in [0.5, 0.6) is 0 Å². The molecular formula is C12H17NO2S. The molecule has 0 fully saturated rings.